The minimum absolute atomic E-state index is 0.0675. The van der Waals surface area contributed by atoms with E-state index < -0.39 is 11.9 Å². The predicted molar refractivity (Wildman–Crippen MR) is 101 cm³/mol. The number of benzene rings is 1. The Hall–Kier alpha value is -1.72. The number of Topliss-reactive ketones (excluding diaryl/α,β-unsaturated/α-hetero) is 1. The number of unbranched alkanes of at least 4 members (excludes halogenated alkanes) is 2. The first-order valence-electron chi connectivity index (χ1n) is 8.45. The molecule has 0 saturated heterocycles. The fraction of sp³-hybridized carbons (Fsp3) is 0.421. The SMILES string of the molecule is CCCCCC(CC(=O)Cc1csc(-c2ccccc2Cl)n1)C(=O)O. The summed E-state index contributed by atoms with van der Waals surface area (Å²) in [5.41, 5.74) is 1.51. The Balaban J connectivity index is 1.96. The van der Waals surface area contributed by atoms with Gasteiger partial charge in [0.1, 0.15) is 10.8 Å². The number of halogens is 1. The molecule has 0 aliphatic heterocycles. The van der Waals surface area contributed by atoms with E-state index in [1.807, 2.05) is 23.6 Å². The Morgan fingerprint density at radius 1 is 1.28 bits per heavy atom. The lowest BCUT2D eigenvalue weighted by molar-refractivity contribution is -0.144. The summed E-state index contributed by atoms with van der Waals surface area (Å²) in [5.74, 6) is -1.57. The van der Waals surface area contributed by atoms with Crippen molar-refractivity contribution < 1.29 is 14.7 Å². The Kier molecular flexibility index (Phi) is 7.59. The quantitative estimate of drug-likeness (QED) is 0.572. The van der Waals surface area contributed by atoms with Gasteiger partial charge in [-0.05, 0) is 12.5 Å². The molecule has 0 fully saturated rings. The molecule has 2 rings (SSSR count). The van der Waals surface area contributed by atoms with Gasteiger partial charge >= 0.3 is 5.97 Å². The molecule has 0 aliphatic carbocycles. The predicted octanol–water partition coefficient (Wildman–Crippen LogP) is 5.25. The average Bonchev–Trinajstić information content (AvgIpc) is 3.02. The number of hydrogen-bond donors (Lipinski definition) is 1. The van der Waals surface area contributed by atoms with Crippen LogP contribution in [-0.4, -0.2) is 21.8 Å². The van der Waals surface area contributed by atoms with Crippen molar-refractivity contribution in [3.63, 3.8) is 0 Å². The number of hydrogen-bond acceptors (Lipinski definition) is 4. The Bertz CT molecular complexity index is 729. The van der Waals surface area contributed by atoms with Crippen LogP contribution in [-0.2, 0) is 16.0 Å². The van der Waals surface area contributed by atoms with Crippen LogP contribution in [0.25, 0.3) is 10.6 Å². The lowest BCUT2D eigenvalue weighted by atomic mass is 9.94. The van der Waals surface area contributed by atoms with E-state index in [1.165, 1.54) is 11.3 Å². The van der Waals surface area contributed by atoms with Crippen molar-refractivity contribution >= 4 is 34.7 Å². The van der Waals surface area contributed by atoms with Crippen molar-refractivity contribution in [1.29, 1.82) is 0 Å². The molecule has 6 heteroatoms. The largest absolute Gasteiger partial charge is 0.481 e. The molecule has 4 nitrogen and oxygen atoms in total. The minimum Gasteiger partial charge on any atom is -0.481 e. The van der Waals surface area contributed by atoms with Crippen LogP contribution >= 0.6 is 22.9 Å². The monoisotopic (exact) mass is 379 g/mol. The highest BCUT2D eigenvalue weighted by atomic mass is 35.5. The van der Waals surface area contributed by atoms with Crippen molar-refractivity contribution in [2.45, 2.75) is 45.4 Å². The normalized spacial score (nSPS) is 12.1. The summed E-state index contributed by atoms with van der Waals surface area (Å²) in [7, 11) is 0. The van der Waals surface area contributed by atoms with Gasteiger partial charge in [0.05, 0.1) is 16.6 Å². The molecular formula is C19H22ClNO3S. The molecule has 0 aliphatic rings. The third kappa shape index (κ3) is 5.94. The molecule has 1 atom stereocenters. The van der Waals surface area contributed by atoms with Gasteiger partial charge in [0.15, 0.2) is 0 Å². The van der Waals surface area contributed by atoms with Gasteiger partial charge in [-0.15, -0.1) is 11.3 Å². The molecule has 1 heterocycles. The number of carbonyl (C=O) groups excluding carboxylic acids is 1. The summed E-state index contributed by atoms with van der Waals surface area (Å²) < 4.78 is 0. The Morgan fingerprint density at radius 3 is 2.72 bits per heavy atom. The van der Waals surface area contributed by atoms with Crippen LogP contribution in [0, 0.1) is 5.92 Å². The van der Waals surface area contributed by atoms with Gasteiger partial charge in [-0.3, -0.25) is 9.59 Å². The van der Waals surface area contributed by atoms with Crippen LogP contribution in [0.1, 0.15) is 44.7 Å². The number of ketones is 1. The van der Waals surface area contributed by atoms with Crippen LogP contribution in [0.3, 0.4) is 0 Å². The number of rotatable bonds is 10. The highest BCUT2D eigenvalue weighted by molar-refractivity contribution is 7.13. The summed E-state index contributed by atoms with van der Waals surface area (Å²) in [4.78, 5) is 28.1. The van der Waals surface area contributed by atoms with Crippen molar-refractivity contribution in [2.75, 3.05) is 0 Å². The summed E-state index contributed by atoms with van der Waals surface area (Å²) in [5, 5.41) is 12.5. The number of aliphatic carboxylic acids is 1. The molecule has 0 radical (unpaired) electrons. The summed E-state index contributed by atoms with van der Waals surface area (Å²) in [6.45, 7) is 2.07. The highest BCUT2D eigenvalue weighted by Crippen LogP contribution is 2.30. The van der Waals surface area contributed by atoms with E-state index >= 15 is 0 Å². The number of aromatic nitrogens is 1. The maximum absolute atomic E-state index is 12.2. The third-order valence-corrected chi connectivity index (χ3v) is 5.27. The third-order valence-electron chi connectivity index (χ3n) is 4.01. The second-order valence-electron chi connectivity index (χ2n) is 6.07. The molecule has 2 aromatic rings. The van der Waals surface area contributed by atoms with Crippen LogP contribution in [0.2, 0.25) is 5.02 Å². The topological polar surface area (TPSA) is 67.3 Å². The Labute approximate surface area is 156 Å². The van der Waals surface area contributed by atoms with Crippen LogP contribution in [0.4, 0.5) is 0 Å². The zero-order valence-corrected chi connectivity index (χ0v) is 15.8. The first-order valence-corrected chi connectivity index (χ1v) is 9.70. The van der Waals surface area contributed by atoms with Crippen LogP contribution in [0.5, 0.6) is 0 Å². The maximum Gasteiger partial charge on any atom is 0.306 e. The summed E-state index contributed by atoms with van der Waals surface area (Å²) in [6.07, 6.45) is 3.65. The molecule has 1 N–H and O–H groups in total. The number of carboxylic acid groups (broad SMARTS) is 1. The number of carbonyl (C=O) groups is 2. The molecule has 0 saturated carbocycles. The van der Waals surface area contributed by atoms with Gasteiger partial charge in [0.2, 0.25) is 0 Å². The molecule has 0 amide bonds. The molecule has 25 heavy (non-hydrogen) atoms. The second kappa shape index (κ2) is 9.68. The molecule has 1 unspecified atom stereocenters. The van der Waals surface area contributed by atoms with E-state index in [2.05, 4.69) is 11.9 Å². The van der Waals surface area contributed by atoms with Crippen molar-refractivity contribution in [2.24, 2.45) is 5.92 Å². The second-order valence-corrected chi connectivity index (χ2v) is 7.34. The average molecular weight is 380 g/mol. The molecule has 0 spiro atoms. The minimum atomic E-state index is -0.889. The van der Waals surface area contributed by atoms with Gasteiger partial charge in [0, 0.05) is 23.8 Å². The first kappa shape index (κ1) is 19.6. The molecule has 134 valence electrons. The standard InChI is InChI=1S/C19H22ClNO3S/c1-2-3-4-7-13(19(23)24)10-15(22)11-14-12-25-18(21-14)16-8-5-6-9-17(16)20/h5-6,8-9,12-13H,2-4,7,10-11H2,1H3,(H,23,24). The van der Waals surface area contributed by atoms with E-state index in [4.69, 9.17) is 11.6 Å². The lowest BCUT2D eigenvalue weighted by Gasteiger charge is -2.10. The van der Waals surface area contributed by atoms with Crippen molar-refractivity contribution in [3.8, 4) is 10.6 Å². The highest BCUT2D eigenvalue weighted by Gasteiger charge is 2.21. The molecular weight excluding hydrogens is 358 g/mol. The van der Waals surface area contributed by atoms with Gasteiger partial charge in [-0.25, -0.2) is 4.98 Å². The number of nitrogens with zero attached hydrogens (tertiary/aromatic N) is 1. The maximum atomic E-state index is 12.2. The fourth-order valence-electron chi connectivity index (χ4n) is 2.65. The van der Waals surface area contributed by atoms with Crippen molar-refractivity contribution in [1.82, 2.24) is 4.98 Å². The number of carboxylic acids is 1. The van der Waals surface area contributed by atoms with Crippen LogP contribution in [0.15, 0.2) is 29.6 Å². The Morgan fingerprint density at radius 2 is 2.04 bits per heavy atom. The van der Waals surface area contributed by atoms with Crippen molar-refractivity contribution in [3.05, 3.63) is 40.4 Å². The molecule has 0 bridgehead atoms. The zero-order valence-electron chi connectivity index (χ0n) is 14.2. The van der Waals surface area contributed by atoms with Gasteiger partial charge in [-0.2, -0.15) is 0 Å². The molecule has 1 aromatic carbocycles. The van der Waals surface area contributed by atoms with Gasteiger partial charge in [0.25, 0.3) is 0 Å². The van der Waals surface area contributed by atoms with E-state index in [-0.39, 0.29) is 18.6 Å². The van der Waals surface area contributed by atoms with E-state index in [1.54, 1.807) is 6.07 Å². The van der Waals surface area contributed by atoms with E-state index in [9.17, 15) is 14.7 Å². The zero-order chi connectivity index (χ0) is 18.2. The van der Waals surface area contributed by atoms with Gasteiger partial charge in [-0.1, -0.05) is 56.0 Å². The summed E-state index contributed by atoms with van der Waals surface area (Å²) in [6, 6.07) is 7.44. The lowest BCUT2D eigenvalue weighted by Crippen LogP contribution is -2.19. The first-order chi connectivity index (χ1) is 12.0. The summed E-state index contributed by atoms with van der Waals surface area (Å²) >= 11 is 7.61. The van der Waals surface area contributed by atoms with E-state index in [0.29, 0.717) is 17.1 Å². The van der Waals surface area contributed by atoms with Gasteiger partial charge < -0.3 is 5.11 Å². The van der Waals surface area contributed by atoms with Crippen LogP contribution < -0.4 is 0 Å². The molecule has 1 aromatic heterocycles. The number of thiazole rings is 1. The fourth-order valence-corrected chi connectivity index (χ4v) is 3.79. The smallest absolute Gasteiger partial charge is 0.306 e. The van der Waals surface area contributed by atoms with E-state index in [0.717, 1.165) is 29.8 Å².